The lowest BCUT2D eigenvalue weighted by Crippen LogP contribution is -2.26. The SMILES string of the molecule is CCCn1c(C)cc(C(=O)Cn2cc([N+](=O)[O-])cc(C#N)c2=O)c1C. The molecule has 0 saturated carbocycles. The Morgan fingerprint density at radius 2 is 2.04 bits per heavy atom. The maximum absolute atomic E-state index is 12.6. The Morgan fingerprint density at radius 3 is 2.60 bits per heavy atom. The number of hydrogen-bond acceptors (Lipinski definition) is 5. The van der Waals surface area contributed by atoms with E-state index in [1.807, 2.05) is 25.3 Å². The van der Waals surface area contributed by atoms with Gasteiger partial charge >= 0.3 is 0 Å². The van der Waals surface area contributed by atoms with Crippen LogP contribution in [0.3, 0.4) is 0 Å². The van der Waals surface area contributed by atoms with Crippen molar-refractivity contribution in [1.82, 2.24) is 9.13 Å². The van der Waals surface area contributed by atoms with Gasteiger partial charge in [-0.15, -0.1) is 0 Å². The number of carbonyl (C=O) groups excluding carboxylic acids is 1. The van der Waals surface area contributed by atoms with Crippen LogP contribution in [0.15, 0.2) is 23.1 Å². The number of pyridine rings is 1. The summed E-state index contributed by atoms with van der Waals surface area (Å²) in [5, 5.41) is 19.9. The fourth-order valence-corrected chi connectivity index (χ4v) is 2.81. The molecular weight excluding hydrogens is 324 g/mol. The van der Waals surface area contributed by atoms with Crippen molar-refractivity contribution in [3.63, 3.8) is 0 Å². The minimum atomic E-state index is -0.719. The molecule has 2 aromatic heterocycles. The van der Waals surface area contributed by atoms with E-state index in [4.69, 9.17) is 5.26 Å². The minimum Gasteiger partial charge on any atom is -0.348 e. The van der Waals surface area contributed by atoms with Crippen LogP contribution in [0.4, 0.5) is 5.69 Å². The second kappa shape index (κ2) is 7.13. The Hall–Kier alpha value is -3.21. The number of ketones is 1. The van der Waals surface area contributed by atoms with Gasteiger partial charge in [-0.05, 0) is 26.3 Å². The molecule has 0 N–H and O–H groups in total. The van der Waals surface area contributed by atoms with Gasteiger partial charge < -0.3 is 4.57 Å². The molecule has 2 rings (SSSR count). The van der Waals surface area contributed by atoms with Crippen LogP contribution in [0, 0.1) is 35.3 Å². The standard InChI is InChI=1S/C17H18N4O4/c1-4-5-20-11(2)6-15(12(20)3)16(22)10-19-9-14(21(24)25)7-13(8-18)17(19)23/h6-7,9H,4-5,10H2,1-3H3. The molecule has 0 aliphatic rings. The molecule has 0 saturated heterocycles. The van der Waals surface area contributed by atoms with E-state index in [-0.39, 0.29) is 17.9 Å². The third-order valence-corrected chi connectivity index (χ3v) is 4.04. The van der Waals surface area contributed by atoms with Crippen molar-refractivity contribution in [2.75, 3.05) is 0 Å². The number of nitrogens with zero attached hydrogens (tertiary/aromatic N) is 4. The van der Waals surface area contributed by atoms with E-state index in [0.717, 1.165) is 41.2 Å². The van der Waals surface area contributed by atoms with Gasteiger partial charge in [0.15, 0.2) is 5.78 Å². The molecule has 0 bridgehead atoms. The van der Waals surface area contributed by atoms with Crippen molar-refractivity contribution in [3.05, 3.63) is 61.3 Å². The largest absolute Gasteiger partial charge is 0.348 e. The predicted octanol–water partition coefficient (Wildman–Crippen LogP) is 2.34. The van der Waals surface area contributed by atoms with Crippen LogP contribution < -0.4 is 5.56 Å². The van der Waals surface area contributed by atoms with Gasteiger partial charge in [-0.25, -0.2) is 0 Å². The van der Waals surface area contributed by atoms with Crippen molar-refractivity contribution in [2.24, 2.45) is 0 Å². The molecular formula is C17H18N4O4. The van der Waals surface area contributed by atoms with Gasteiger partial charge in [-0.1, -0.05) is 6.92 Å². The molecule has 8 nitrogen and oxygen atoms in total. The van der Waals surface area contributed by atoms with Crippen LogP contribution in [-0.4, -0.2) is 19.8 Å². The zero-order chi connectivity index (χ0) is 18.7. The third-order valence-electron chi connectivity index (χ3n) is 4.04. The topological polar surface area (TPSA) is 111 Å². The number of Topliss-reactive ketones (excluding diaryl/α,β-unsaturated/α-hetero) is 1. The highest BCUT2D eigenvalue weighted by atomic mass is 16.6. The molecule has 130 valence electrons. The van der Waals surface area contributed by atoms with Crippen LogP contribution in [0.25, 0.3) is 0 Å². The van der Waals surface area contributed by atoms with Gasteiger partial charge in [0.1, 0.15) is 11.6 Å². The fourth-order valence-electron chi connectivity index (χ4n) is 2.81. The Labute approximate surface area is 144 Å². The van der Waals surface area contributed by atoms with E-state index >= 15 is 0 Å². The van der Waals surface area contributed by atoms with Crippen LogP contribution in [-0.2, 0) is 13.1 Å². The summed E-state index contributed by atoms with van der Waals surface area (Å²) in [7, 11) is 0. The normalized spacial score (nSPS) is 10.5. The van der Waals surface area contributed by atoms with Gasteiger partial charge in [0, 0.05) is 29.6 Å². The average molecular weight is 342 g/mol. The van der Waals surface area contributed by atoms with Crippen molar-refractivity contribution in [1.29, 1.82) is 5.26 Å². The van der Waals surface area contributed by atoms with E-state index in [1.54, 1.807) is 12.1 Å². The fraction of sp³-hybridized carbons (Fsp3) is 0.353. The molecule has 2 aromatic rings. The van der Waals surface area contributed by atoms with E-state index in [2.05, 4.69) is 0 Å². The van der Waals surface area contributed by atoms with Gasteiger partial charge in [0.2, 0.25) is 0 Å². The van der Waals surface area contributed by atoms with Crippen LogP contribution in [0.2, 0.25) is 0 Å². The number of hydrogen-bond donors (Lipinski definition) is 0. The highest BCUT2D eigenvalue weighted by Gasteiger charge is 2.19. The molecule has 0 atom stereocenters. The summed E-state index contributed by atoms with van der Waals surface area (Å²) in [6, 6.07) is 4.30. The van der Waals surface area contributed by atoms with Crippen LogP contribution in [0.5, 0.6) is 0 Å². The summed E-state index contributed by atoms with van der Waals surface area (Å²) in [6.07, 6.45) is 1.91. The Bertz CT molecular complexity index is 947. The molecule has 0 aliphatic carbocycles. The van der Waals surface area contributed by atoms with Gasteiger partial charge in [-0.2, -0.15) is 5.26 Å². The second-order valence-corrected chi connectivity index (χ2v) is 5.77. The lowest BCUT2D eigenvalue weighted by molar-refractivity contribution is -0.385. The first kappa shape index (κ1) is 18.1. The molecule has 8 heteroatoms. The first-order valence-corrected chi connectivity index (χ1v) is 7.79. The summed E-state index contributed by atoms with van der Waals surface area (Å²) in [5.41, 5.74) is 0.723. The molecule has 0 spiro atoms. The zero-order valence-electron chi connectivity index (χ0n) is 14.3. The maximum Gasteiger partial charge on any atom is 0.287 e. The smallest absolute Gasteiger partial charge is 0.287 e. The minimum absolute atomic E-state index is 0.332. The quantitative estimate of drug-likeness (QED) is 0.454. The zero-order valence-corrected chi connectivity index (χ0v) is 14.3. The summed E-state index contributed by atoms with van der Waals surface area (Å²) in [6.45, 7) is 6.18. The molecule has 0 amide bonds. The highest BCUT2D eigenvalue weighted by molar-refractivity contribution is 5.97. The summed E-state index contributed by atoms with van der Waals surface area (Å²) in [4.78, 5) is 35.0. The average Bonchev–Trinajstić information content (AvgIpc) is 2.85. The summed E-state index contributed by atoms with van der Waals surface area (Å²) in [5.74, 6) is -0.332. The number of nitro groups is 1. The molecule has 0 fully saturated rings. The van der Waals surface area contributed by atoms with E-state index in [1.165, 1.54) is 0 Å². The van der Waals surface area contributed by atoms with E-state index < -0.39 is 16.2 Å². The number of aromatic nitrogens is 2. The molecule has 0 radical (unpaired) electrons. The molecule has 2 heterocycles. The first-order valence-electron chi connectivity index (χ1n) is 7.79. The Balaban J connectivity index is 2.44. The van der Waals surface area contributed by atoms with Gasteiger partial charge in [0.05, 0.1) is 17.7 Å². The Kier molecular flexibility index (Phi) is 5.17. The predicted molar refractivity (Wildman–Crippen MR) is 90.6 cm³/mol. The van der Waals surface area contributed by atoms with E-state index in [0.29, 0.717) is 5.56 Å². The lowest BCUT2D eigenvalue weighted by atomic mass is 10.1. The molecule has 25 heavy (non-hydrogen) atoms. The van der Waals surface area contributed by atoms with E-state index in [9.17, 15) is 19.7 Å². The number of rotatable bonds is 6. The van der Waals surface area contributed by atoms with Gasteiger partial charge in [0.25, 0.3) is 11.2 Å². The van der Waals surface area contributed by atoms with Crippen molar-refractivity contribution in [3.8, 4) is 6.07 Å². The van der Waals surface area contributed by atoms with Crippen molar-refractivity contribution in [2.45, 2.75) is 40.3 Å². The summed E-state index contributed by atoms with van der Waals surface area (Å²) < 4.78 is 2.94. The van der Waals surface area contributed by atoms with Crippen LogP contribution >= 0.6 is 0 Å². The number of carbonyl (C=O) groups is 1. The maximum atomic E-state index is 12.6. The Morgan fingerprint density at radius 1 is 1.36 bits per heavy atom. The molecule has 0 aliphatic heterocycles. The molecule has 0 unspecified atom stereocenters. The lowest BCUT2D eigenvalue weighted by Gasteiger charge is -2.08. The monoisotopic (exact) mass is 342 g/mol. The van der Waals surface area contributed by atoms with Crippen molar-refractivity contribution >= 4 is 11.5 Å². The highest BCUT2D eigenvalue weighted by Crippen LogP contribution is 2.17. The van der Waals surface area contributed by atoms with Crippen LogP contribution in [0.1, 0.15) is 40.7 Å². The first-order chi connectivity index (χ1) is 11.8. The van der Waals surface area contributed by atoms with Crippen molar-refractivity contribution < 1.29 is 9.72 Å². The van der Waals surface area contributed by atoms with Gasteiger partial charge in [-0.3, -0.25) is 24.3 Å². The second-order valence-electron chi connectivity index (χ2n) is 5.77. The number of aryl methyl sites for hydroxylation is 1. The summed E-state index contributed by atoms with van der Waals surface area (Å²) >= 11 is 0. The third kappa shape index (κ3) is 3.50. The molecule has 0 aromatic carbocycles. The number of nitriles is 1.